The highest BCUT2D eigenvalue weighted by Gasteiger charge is 2.32. The van der Waals surface area contributed by atoms with Crippen LogP contribution >= 0.6 is 0 Å². The molecule has 6 nitrogen and oxygen atoms in total. The molecular weight excluding hydrogens is 402 g/mol. The van der Waals surface area contributed by atoms with Crippen LogP contribution in [0.3, 0.4) is 0 Å². The summed E-state index contributed by atoms with van der Waals surface area (Å²) in [5, 5.41) is 3.08. The number of benzene rings is 2. The van der Waals surface area contributed by atoms with Gasteiger partial charge in [-0.1, -0.05) is 56.3 Å². The van der Waals surface area contributed by atoms with Crippen molar-refractivity contribution in [3.63, 3.8) is 0 Å². The number of furan rings is 1. The highest BCUT2D eigenvalue weighted by atomic mass is 16.3. The van der Waals surface area contributed by atoms with E-state index >= 15 is 0 Å². The van der Waals surface area contributed by atoms with Gasteiger partial charge in [0.1, 0.15) is 6.04 Å². The van der Waals surface area contributed by atoms with E-state index in [9.17, 15) is 9.59 Å². The number of rotatable bonds is 6. The van der Waals surface area contributed by atoms with Crippen molar-refractivity contribution in [2.75, 3.05) is 31.5 Å². The third-order valence-electron chi connectivity index (χ3n) is 5.91. The van der Waals surface area contributed by atoms with Crippen LogP contribution in [0.25, 0.3) is 0 Å². The molecular formula is C26H29N3O3. The lowest BCUT2D eigenvalue weighted by molar-refractivity contribution is -0.122. The van der Waals surface area contributed by atoms with Gasteiger partial charge in [-0.25, -0.2) is 0 Å². The maximum absolute atomic E-state index is 13.4. The predicted octanol–water partition coefficient (Wildman–Crippen LogP) is 4.54. The summed E-state index contributed by atoms with van der Waals surface area (Å²) in [4.78, 5) is 29.9. The number of carbonyl (C=O) groups is 2. The van der Waals surface area contributed by atoms with Gasteiger partial charge in [-0.2, -0.15) is 0 Å². The molecule has 1 aliphatic heterocycles. The minimum atomic E-state index is -0.429. The first-order chi connectivity index (χ1) is 15.5. The van der Waals surface area contributed by atoms with Crippen LogP contribution in [0, 0.1) is 0 Å². The first kappa shape index (κ1) is 21.8. The molecule has 0 radical (unpaired) electrons. The van der Waals surface area contributed by atoms with Gasteiger partial charge < -0.3 is 14.6 Å². The fraction of sp³-hybridized carbons (Fsp3) is 0.308. The molecule has 0 bridgehead atoms. The number of piperazine rings is 1. The van der Waals surface area contributed by atoms with Crippen molar-refractivity contribution in [2.45, 2.75) is 25.8 Å². The lowest BCUT2D eigenvalue weighted by Gasteiger charge is -2.38. The zero-order valence-corrected chi connectivity index (χ0v) is 18.5. The Morgan fingerprint density at radius 3 is 2.12 bits per heavy atom. The standard InChI is InChI=1S/C26H29N3O3/c1-19(2)20-10-12-22(13-11-20)27-25(30)24(21-7-4-3-5-8-21)28-14-16-29(17-15-28)26(31)23-9-6-18-32-23/h3-13,18-19,24H,14-17H2,1-2H3,(H,27,30)/t24-/m0/s1. The van der Waals surface area contributed by atoms with Crippen LogP contribution in [-0.4, -0.2) is 47.8 Å². The fourth-order valence-corrected chi connectivity index (χ4v) is 4.06. The van der Waals surface area contributed by atoms with Crippen LogP contribution in [0.1, 0.15) is 47.5 Å². The Morgan fingerprint density at radius 2 is 1.53 bits per heavy atom. The number of nitrogens with zero attached hydrogens (tertiary/aromatic N) is 2. The summed E-state index contributed by atoms with van der Waals surface area (Å²) in [6.07, 6.45) is 1.51. The molecule has 1 fully saturated rings. The van der Waals surface area contributed by atoms with E-state index in [0.29, 0.717) is 37.9 Å². The van der Waals surface area contributed by atoms with Crippen molar-refractivity contribution in [3.8, 4) is 0 Å². The van der Waals surface area contributed by atoms with Crippen LogP contribution < -0.4 is 5.32 Å². The molecule has 2 heterocycles. The lowest BCUT2D eigenvalue weighted by atomic mass is 10.0. The van der Waals surface area contributed by atoms with E-state index < -0.39 is 6.04 Å². The highest BCUT2D eigenvalue weighted by Crippen LogP contribution is 2.25. The molecule has 1 saturated heterocycles. The van der Waals surface area contributed by atoms with Crippen molar-refractivity contribution in [1.82, 2.24) is 9.80 Å². The van der Waals surface area contributed by atoms with Gasteiger partial charge in [0.15, 0.2) is 5.76 Å². The topological polar surface area (TPSA) is 65.8 Å². The van der Waals surface area contributed by atoms with Crippen LogP contribution in [0.15, 0.2) is 77.4 Å². The van der Waals surface area contributed by atoms with E-state index in [1.54, 1.807) is 17.0 Å². The van der Waals surface area contributed by atoms with E-state index in [2.05, 4.69) is 36.2 Å². The largest absolute Gasteiger partial charge is 0.459 e. The number of hydrogen-bond acceptors (Lipinski definition) is 4. The number of nitrogens with one attached hydrogen (secondary N) is 1. The van der Waals surface area contributed by atoms with Crippen LogP contribution in [-0.2, 0) is 4.79 Å². The molecule has 2 amide bonds. The van der Waals surface area contributed by atoms with Gasteiger partial charge in [-0.15, -0.1) is 0 Å². The quantitative estimate of drug-likeness (QED) is 0.622. The molecule has 1 aromatic heterocycles. The summed E-state index contributed by atoms with van der Waals surface area (Å²) < 4.78 is 5.25. The van der Waals surface area contributed by atoms with E-state index in [4.69, 9.17) is 4.42 Å². The van der Waals surface area contributed by atoms with E-state index in [0.717, 1.165) is 11.3 Å². The van der Waals surface area contributed by atoms with Gasteiger partial charge >= 0.3 is 0 Å². The normalized spacial score (nSPS) is 15.5. The molecule has 0 saturated carbocycles. The zero-order chi connectivity index (χ0) is 22.5. The van der Waals surface area contributed by atoms with E-state index in [1.165, 1.54) is 11.8 Å². The zero-order valence-electron chi connectivity index (χ0n) is 18.5. The fourth-order valence-electron chi connectivity index (χ4n) is 4.06. The molecule has 0 aliphatic carbocycles. The van der Waals surface area contributed by atoms with Crippen LogP contribution in [0.5, 0.6) is 0 Å². The van der Waals surface area contributed by atoms with Crippen molar-refractivity contribution < 1.29 is 14.0 Å². The Hall–Kier alpha value is -3.38. The summed E-state index contributed by atoms with van der Waals surface area (Å²) in [5.41, 5.74) is 2.96. The van der Waals surface area contributed by atoms with Crippen molar-refractivity contribution in [2.24, 2.45) is 0 Å². The molecule has 166 valence electrons. The van der Waals surface area contributed by atoms with E-state index in [1.807, 2.05) is 42.5 Å². The van der Waals surface area contributed by atoms with Gasteiger partial charge in [-0.3, -0.25) is 14.5 Å². The minimum Gasteiger partial charge on any atom is -0.459 e. The Labute approximate surface area is 188 Å². The third-order valence-corrected chi connectivity index (χ3v) is 5.91. The summed E-state index contributed by atoms with van der Waals surface area (Å²) in [6, 6.07) is 20.8. The van der Waals surface area contributed by atoms with Crippen molar-refractivity contribution in [3.05, 3.63) is 89.9 Å². The Bertz CT molecular complexity index is 1020. The Morgan fingerprint density at radius 1 is 0.844 bits per heavy atom. The summed E-state index contributed by atoms with van der Waals surface area (Å²) in [6.45, 7) is 6.58. The molecule has 0 unspecified atom stereocenters. The molecule has 1 atom stereocenters. The second-order valence-electron chi connectivity index (χ2n) is 8.38. The van der Waals surface area contributed by atoms with E-state index in [-0.39, 0.29) is 11.8 Å². The van der Waals surface area contributed by atoms with Gasteiger partial charge in [0.25, 0.3) is 5.91 Å². The summed E-state index contributed by atoms with van der Waals surface area (Å²) >= 11 is 0. The molecule has 1 N–H and O–H groups in total. The number of anilines is 1. The number of amides is 2. The first-order valence-corrected chi connectivity index (χ1v) is 11.1. The Kier molecular flexibility index (Phi) is 6.71. The molecule has 32 heavy (non-hydrogen) atoms. The second-order valence-corrected chi connectivity index (χ2v) is 8.38. The summed E-state index contributed by atoms with van der Waals surface area (Å²) in [7, 11) is 0. The van der Waals surface area contributed by atoms with Gasteiger partial charge in [-0.05, 0) is 41.3 Å². The average Bonchev–Trinajstić information content (AvgIpc) is 3.35. The number of carbonyl (C=O) groups excluding carboxylic acids is 2. The molecule has 4 rings (SSSR count). The third kappa shape index (κ3) is 4.92. The van der Waals surface area contributed by atoms with Crippen LogP contribution in [0.4, 0.5) is 5.69 Å². The van der Waals surface area contributed by atoms with Gasteiger partial charge in [0, 0.05) is 31.9 Å². The maximum atomic E-state index is 13.4. The molecule has 1 aliphatic rings. The highest BCUT2D eigenvalue weighted by molar-refractivity contribution is 5.95. The molecule has 2 aromatic carbocycles. The van der Waals surface area contributed by atoms with Gasteiger partial charge in [0.05, 0.1) is 6.26 Å². The monoisotopic (exact) mass is 431 g/mol. The minimum absolute atomic E-state index is 0.0701. The second kappa shape index (κ2) is 9.83. The Balaban J connectivity index is 1.48. The van der Waals surface area contributed by atoms with Crippen molar-refractivity contribution in [1.29, 1.82) is 0 Å². The lowest BCUT2D eigenvalue weighted by Crippen LogP contribution is -2.51. The van der Waals surface area contributed by atoms with Crippen molar-refractivity contribution >= 4 is 17.5 Å². The first-order valence-electron chi connectivity index (χ1n) is 11.1. The average molecular weight is 432 g/mol. The SMILES string of the molecule is CC(C)c1ccc(NC(=O)[C@H](c2ccccc2)N2CCN(C(=O)c3ccco3)CC2)cc1. The predicted molar refractivity (Wildman–Crippen MR) is 125 cm³/mol. The smallest absolute Gasteiger partial charge is 0.289 e. The van der Waals surface area contributed by atoms with Crippen LogP contribution in [0.2, 0.25) is 0 Å². The molecule has 0 spiro atoms. The summed E-state index contributed by atoms with van der Waals surface area (Å²) in [5.74, 6) is 0.609. The van der Waals surface area contributed by atoms with Gasteiger partial charge in [0.2, 0.25) is 5.91 Å². The molecule has 6 heteroatoms. The maximum Gasteiger partial charge on any atom is 0.289 e. The molecule has 3 aromatic rings. The number of hydrogen-bond donors (Lipinski definition) is 1.